The summed E-state index contributed by atoms with van der Waals surface area (Å²) in [5.41, 5.74) is 1.89. The average Bonchev–Trinajstić information content (AvgIpc) is 2.69. The van der Waals surface area contributed by atoms with Crippen LogP contribution >= 0.6 is 28.1 Å². The van der Waals surface area contributed by atoms with Gasteiger partial charge in [0.2, 0.25) is 0 Å². The quantitative estimate of drug-likeness (QED) is 0.316. The topological polar surface area (TPSA) is 106 Å². The molecule has 10 heteroatoms. The van der Waals surface area contributed by atoms with Gasteiger partial charge < -0.3 is 20.7 Å². The van der Waals surface area contributed by atoms with Crippen molar-refractivity contribution in [2.75, 3.05) is 11.9 Å². The fourth-order valence-electron chi connectivity index (χ4n) is 3.13. The number of nitro groups is 1. The Hall–Kier alpha value is -2.98. The monoisotopic (exact) mass is 490 g/mol. The number of nitrogens with zero attached hydrogens (tertiary/aromatic N) is 1. The molecule has 3 N–H and O–H groups in total. The highest BCUT2D eigenvalue weighted by molar-refractivity contribution is 9.10. The van der Waals surface area contributed by atoms with Gasteiger partial charge in [-0.2, -0.15) is 0 Å². The SMILES string of the molecule is CCOc1ccccc1NC(=O)C1=C(C)NC(=S)N[C@H]1c1ccc(Br)c([N+](=O)[O-])c1. The molecule has 30 heavy (non-hydrogen) atoms. The average molecular weight is 491 g/mol. The van der Waals surface area contributed by atoms with Crippen LogP contribution in [0.4, 0.5) is 11.4 Å². The second-order valence-electron chi connectivity index (χ2n) is 6.42. The van der Waals surface area contributed by atoms with Gasteiger partial charge in [0, 0.05) is 11.8 Å². The molecule has 1 aliphatic rings. The number of amides is 1. The maximum absolute atomic E-state index is 13.2. The fourth-order valence-corrected chi connectivity index (χ4v) is 3.80. The number of allylic oxidation sites excluding steroid dienone is 1. The minimum Gasteiger partial charge on any atom is -0.492 e. The van der Waals surface area contributed by atoms with Gasteiger partial charge in [0.05, 0.1) is 33.3 Å². The molecule has 156 valence electrons. The number of thiocarbonyl (C=S) groups is 1. The maximum Gasteiger partial charge on any atom is 0.283 e. The highest BCUT2D eigenvalue weighted by Crippen LogP contribution is 2.34. The molecule has 1 atom stereocenters. The highest BCUT2D eigenvalue weighted by atomic mass is 79.9. The van der Waals surface area contributed by atoms with Crippen LogP contribution in [0.1, 0.15) is 25.5 Å². The summed E-state index contributed by atoms with van der Waals surface area (Å²) in [6.45, 7) is 4.05. The number of carbonyl (C=O) groups excluding carboxylic acids is 1. The van der Waals surface area contributed by atoms with Crippen LogP contribution in [0.3, 0.4) is 0 Å². The Morgan fingerprint density at radius 2 is 2.07 bits per heavy atom. The third kappa shape index (κ3) is 4.60. The molecule has 1 aliphatic heterocycles. The lowest BCUT2D eigenvalue weighted by Crippen LogP contribution is -2.45. The van der Waals surface area contributed by atoms with Crippen molar-refractivity contribution in [3.05, 3.63) is 73.9 Å². The summed E-state index contributed by atoms with van der Waals surface area (Å²) in [6, 6.07) is 11.2. The second-order valence-corrected chi connectivity index (χ2v) is 7.68. The van der Waals surface area contributed by atoms with Crippen molar-refractivity contribution in [1.29, 1.82) is 0 Å². The van der Waals surface area contributed by atoms with Gasteiger partial charge in [-0.25, -0.2) is 0 Å². The molecular formula is C20H19BrN4O4S. The Bertz CT molecular complexity index is 1060. The molecular weight excluding hydrogens is 472 g/mol. The normalized spacial score (nSPS) is 15.8. The number of nitrogens with one attached hydrogen (secondary N) is 3. The number of carbonyl (C=O) groups is 1. The van der Waals surface area contributed by atoms with Gasteiger partial charge in [0.1, 0.15) is 5.75 Å². The number of nitro benzene ring substituents is 1. The molecule has 8 nitrogen and oxygen atoms in total. The summed E-state index contributed by atoms with van der Waals surface area (Å²) in [7, 11) is 0. The predicted molar refractivity (Wildman–Crippen MR) is 121 cm³/mol. The number of benzene rings is 2. The molecule has 1 amide bonds. The highest BCUT2D eigenvalue weighted by Gasteiger charge is 2.31. The second kappa shape index (κ2) is 9.23. The zero-order valence-electron chi connectivity index (χ0n) is 16.2. The summed E-state index contributed by atoms with van der Waals surface area (Å²) in [5.74, 6) is 0.174. The molecule has 0 fully saturated rings. The smallest absolute Gasteiger partial charge is 0.283 e. The summed E-state index contributed by atoms with van der Waals surface area (Å²) in [4.78, 5) is 24.1. The summed E-state index contributed by atoms with van der Waals surface area (Å²) in [5, 5.41) is 20.5. The number of hydrogen-bond donors (Lipinski definition) is 3. The van der Waals surface area contributed by atoms with Crippen LogP contribution in [0.5, 0.6) is 5.75 Å². The van der Waals surface area contributed by atoms with Crippen LogP contribution in [0, 0.1) is 10.1 Å². The Morgan fingerprint density at radius 1 is 1.33 bits per heavy atom. The molecule has 0 aromatic heterocycles. The van der Waals surface area contributed by atoms with Crippen molar-refractivity contribution < 1.29 is 14.5 Å². The van der Waals surface area contributed by atoms with Gasteiger partial charge in [-0.3, -0.25) is 14.9 Å². The lowest BCUT2D eigenvalue weighted by Gasteiger charge is -2.30. The van der Waals surface area contributed by atoms with E-state index in [0.29, 0.717) is 44.5 Å². The summed E-state index contributed by atoms with van der Waals surface area (Å²) >= 11 is 8.43. The lowest BCUT2D eigenvalue weighted by atomic mass is 9.94. The number of hydrogen-bond acceptors (Lipinski definition) is 5. The van der Waals surface area contributed by atoms with Gasteiger partial charge in [-0.15, -0.1) is 0 Å². The van der Waals surface area contributed by atoms with Gasteiger partial charge in [-0.05, 0) is 65.8 Å². The number of anilines is 1. The van der Waals surface area contributed by atoms with E-state index in [1.165, 1.54) is 6.07 Å². The van der Waals surface area contributed by atoms with Crippen LogP contribution in [0.25, 0.3) is 0 Å². The van der Waals surface area contributed by atoms with E-state index in [1.807, 2.05) is 13.0 Å². The standard InChI is InChI=1S/C20H19BrN4O4S/c1-3-29-16-7-5-4-6-14(16)23-19(26)17-11(2)22-20(30)24-18(17)12-8-9-13(21)15(10-12)25(27)28/h4-10,18H,3H2,1-2H3,(H,23,26)(H2,22,24,30)/t18-/m0/s1. The summed E-state index contributed by atoms with van der Waals surface area (Å²) in [6.07, 6.45) is 0. The molecule has 1 heterocycles. The number of halogens is 1. The fraction of sp³-hybridized carbons (Fsp3) is 0.200. The molecule has 3 rings (SSSR count). The molecule has 0 radical (unpaired) electrons. The van der Waals surface area contributed by atoms with Gasteiger partial charge in [0.25, 0.3) is 11.6 Å². The van der Waals surface area contributed by atoms with Crippen molar-refractivity contribution >= 4 is 50.5 Å². The largest absolute Gasteiger partial charge is 0.492 e. The van der Waals surface area contributed by atoms with Crippen LogP contribution < -0.4 is 20.7 Å². The van der Waals surface area contributed by atoms with Crippen molar-refractivity contribution in [2.24, 2.45) is 0 Å². The molecule has 0 unspecified atom stereocenters. The van der Waals surface area contributed by atoms with E-state index in [-0.39, 0.29) is 11.6 Å². The third-order valence-corrected chi connectivity index (χ3v) is 5.34. The molecule has 0 bridgehead atoms. The van der Waals surface area contributed by atoms with Crippen molar-refractivity contribution in [3.63, 3.8) is 0 Å². The lowest BCUT2D eigenvalue weighted by molar-refractivity contribution is -0.385. The molecule has 0 saturated carbocycles. The van der Waals surface area contributed by atoms with E-state index in [1.54, 1.807) is 37.3 Å². The first-order chi connectivity index (χ1) is 14.3. The van der Waals surface area contributed by atoms with Gasteiger partial charge >= 0.3 is 0 Å². The first-order valence-electron chi connectivity index (χ1n) is 9.07. The predicted octanol–water partition coefficient (Wildman–Crippen LogP) is 4.19. The zero-order valence-corrected chi connectivity index (χ0v) is 18.6. The molecule has 0 saturated heterocycles. The zero-order chi connectivity index (χ0) is 21.8. The van der Waals surface area contributed by atoms with Crippen molar-refractivity contribution in [3.8, 4) is 5.75 Å². The number of rotatable bonds is 6. The van der Waals surface area contributed by atoms with Crippen LogP contribution in [-0.4, -0.2) is 22.5 Å². The van der Waals surface area contributed by atoms with E-state index in [2.05, 4.69) is 31.9 Å². The molecule has 0 spiro atoms. The van der Waals surface area contributed by atoms with Gasteiger partial charge in [0.15, 0.2) is 5.11 Å². The van der Waals surface area contributed by atoms with Crippen molar-refractivity contribution in [1.82, 2.24) is 10.6 Å². The summed E-state index contributed by atoms with van der Waals surface area (Å²) < 4.78 is 5.92. The molecule has 0 aliphatic carbocycles. The number of ether oxygens (including phenoxy) is 1. The van der Waals surface area contributed by atoms with E-state index in [0.717, 1.165) is 0 Å². The molecule has 2 aromatic rings. The maximum atomic E-state index is 13.2. The van der Waals surface area contributed by atoms with Gasteiger partial charge in [-0.1, -0.05) is 18.2 Å². The van der Waals surface area contributed by atoms with E-state index >= 15 is 0 Å². The Morgan fingerprint density at radius 3 is 2.77 bits per heavy atom. The minimum absolute atomic E-state index is 0.0992. The van der Waals surface area contributed by atoms with E-state index in [4.69, 9.17) is 17.0 Å². The Kier molecular flexibility index (Phi) is 6.68. The minimum atomic E-state index is -0.662. The first-order valence-corrected chi connectivity index (χ1v) is 10.3. The Balaban J connectivity index is 2.00. The van der Waals surface area contributed by atoms with Crippen LogP contribution in [-0.2, 0) is 4.79 Å². The van der Waals surface area contributed by atoms with Crippen LogP contribution in [0.2, 0.25) is 0 Å². The third-order valence-electron chi connectivity index (χ3n) is 4.45. The van der Waals surface area contributed by atoms with Crippen molar-refractivity contribution in [2.45, 2.75) is 19.9 Å². The van der Waals surface area contributed by atoms with Crippen LogP contribution in [0.15, 0.2) is 58.2 Å². The van der Waals surface area contributed by atoms with E-state index in [9.17, 15) is 14.9 Å². The number of para-hydroxylation sites is 2. The van der Waals surface area contributed by atoms with E-state index < -0.39 is 11.0 Å². The Labute approximate surface area is 187 Å². The molecule has 2 aromatic carbocycles. The first kappa shape index (κ1) is 21.7.